The Morgan fingerprint density at radius 3 is 2.69 bits per heavy atom. The van der Waals surface area contributed by atoms with Crippen molar-refractivity contribution < 1.29 is 17.6 Å². The Kier molecular flexibility index (Phi) is 4.63. The summed E-state index contributed by atoms with van der Waals surface area (Å²) in [6.45, 7) is 0.363. The Morgan fingerprint density at radius 2 is 1.84 bits per heavy atom. The van der Waals surface area contributed by atoms with Crippen molar-refractivity contribution in [2.24, 2.45) is 7.05 Å². The summed E-state index contributed by atoms with van der Waals surface area (Å²) in [6, 6.07) is 18.2. The van der Waals surface area contributed by atoms with Gasteiger partial charge in [0.05, 0.1) is 16.1 Å². The first-order valence-corrected chi connectivity index (χ1v) is 11.4. The first-order chi connectivity index (χ1) is 15.3. The van der Waals surface area contributed by atoms with Gasteiger partial charge in [-0.2, -0.15) is 0 Å². The molecule has 9 heteroatoms. The number of hydrogen-bond acceptors (Lipinski definition) is 5. The molecule has 0 saturated heterocycles. The fourth-order valence-corrected chi connectivity index (χ4v) is 5.44. The van der Waals surface area contributed by atoms with Crippen LogP contribution in [-0.2, 0) is 23.5 Å². The van der Waals surface area contributed by atoms with Gasteiger partial charge in [0.1, 0.15) is 0 Å². The van der Waals surface area contributed by atoms with Crippen molar-refractivity contribution in [1.82, 2.24) is 4.57 Å². The van der Waals surface area contributed by atoms with Gasteiger partial charge in [-0.15, -0.1) is 0 Å². The van der Waals surface area contributed by atoms with E-state index < -0.39 is 21.7 Å². The fourth-order valence-electron chi connectivity index (χ4n) is 3.89. The quantitative estimate of drug-likeness (QED) is 0.516. The molecule has 8 nitrogen and oxygen atoms in total. The van der Waals surface area contributed by atoms with E-state index in [1.165, 1.54) is 21.0 Å². The van der Waals surface area contributed by atoms with Gasteiger partial charge in [0.15, 0.2) is 5.58 Å². The SMILES string of the molecule is Cn1c(=O)oc2ccc(NC(=O)c3cccc(S(=O)(=O)N4CCc5ccccc54)c3)cc21. The van der Waals surface area contributed by atoms with Crippen molar-refractivity contribution in [1.29, 1.82) is 0 Å². The largest absolute Gasteiger partial charge is 0.419 e. The van der Waals surface area contributed by atoms with Crippen molar-refractivity contribution in [3.05, 3.63) is 88.4 Å². The standard InChI is InChI=1S/C23H19N3O5S/c1-25-20-14-17(9-10-21(20)31-23(25)28)24-22(27)16-6-4-7-18(13-16)32(29,30)26-12-11-15-5-2-3-8-19(15)26/h2-10,13-14H,11-12H2,1H3,(H,24,27). The highest BCUT2D eigenvalue weighted by Crippen LogP contribution is 2.32. The number of carbonyl (C=O) groups is 1. The molecule has 5 rings (SSSR count). The Hall–Kier alpha value is -3.85. The number of aryl methyl sites for hydroxylation is 1. The second kappa shape index (κ2) is 7.38. The highest BCUT2D eigenvalue weighted by atomic mass is 32.2. The van der Waals surface area contributed by atoms with Gasteiger partial charge in [-0.25, -0.2) is 13.2 Å². The van der Waals surface area contributed by atoms with Gasteiger partial charge in [0, 0.05) is 24.8 Å². The molecule has 32 heavy (non-hydrogen) atoms. The number of sulfonamides is 1. The van der Waals surface area contributed by atoms with Crippen molar-refractivity contribution >= 4 is 38.4 Å². The molecule has 2 heterocycles. The van der Waals surface area contributed by atoms with E-state index in [1.54, 1.807) is 43.4 Å². The number of benzene rings is 3. The number of hydrogen-bond donors (Lipinski definition) is 1. The number of para-hydroxylation sites is 1. The molecular weight excluding hydrogens is 430 g/mol. The van der Waals surface area contributed by atoms with Gasteiger partial charge in [0.25, 0.3) is 15.9 Å². The average molecular weight is 449 g/mol. The number of fused-ring (bicyclic) bond motifs is 2. The monoisotopic (exact) mass is 449 g/mol. The summed E-state index contributed by atoms with van der Waals surface area (Å²) in [4.78, 5) is 24.5. The predicted molar refractivity (Wildman–Crippen MR) is 121 cm³/mol. The lowest BCUT2D eigenvalue weighted by atomic mass is 10.2. The number of rotatable bonds is 4. The molecular formula is C23H19N3O5S. The molecule has 0 radical (unpaired) electrons. The van der Waals surface area contributed by atoms with E-state index in [2.05, 4.69) is 5.32 Å². The van der Waals surface area contributed by atoms with Crippen LogP contribution in [0.1, 0.15) is 15.9 Å². The molecule has 0 spiro atoms. The number of anilines is 2. The maximum atomic E-state index is 13.3. The average Bonchev–Trinajstić information content (AvgIpc) is 3.35. The van der Waals surface area contributed by atoms with Crippen LogP contribution >= 0.6 is 0 Å². The van der Waals surface area contributed by atoms with E-state index >= 15 is 0 Å². The van der Waals surface area contributed by atoms with Gasteiger partial charge in [-0.05, 0) is 54.4 Å². The van der Waals surface area contributed by atoms with Gasteiger partial charge >= 0.3 is 5.76 Å². The van der Waals surface area contributed by atoms with Crippen LogP contribution in [0.3, 0.4) is 0 Å². The van der Waals surface area contributed by atoms with E-state index in [4.69, 9.17) is 4.42 Å². The lowest BCUT2D eigenvalue weighted by Crippen LogP contribution is -2.29. The van der Waals surface area contributed by atoms with Crippen LogP contribution in [0.5, 0.6) is 0 Å². The number of amides is 1. The van der Waals surface area contributed by atoms with Crippen LogP contribution in [0.2, 0.25) is 0 Å². The van der Waals surface area contributed by atoms with E-state index in [1.807, 2.05) is 18.2 Å². The number of nitrogens with zero attached hydrogens (tertiary/aromatic N) is 2. The molecule has 0 aliphatic carbocycles. The third kappa shape index (κ3) is 3.27. The normalized spacial score (nSPS) is 13.3. The lowest BCUT2D eigenvalue weighted by Gasteiger charge is -2.20. The Bertz CT molecular complexity index is 1530. The summed E-state index contributed by atoms with van der Waals surface area (Å²) >= 11 is 0. The molecule has 0 bridgehead atoms. The highest BCUT2D eigenvalue weighted by Gasteiger charge is 2.31. The molecule has 0 unspecified atom stereocenters. The minimum atomic E-state index is -3.81. The van der Waals surface area contributed by atoms with Crippen molar-refractivity contribution in [3.63, 3.8) is 0 Å². The summed E-state index contributed by atoms with van der Waals surface area (Å²) in [6.07, 6.45) is 0.647. The van der Waals surface area contributed by atoms with Crippen molar-refractivity contribution in [2.45, 2.75) is 11.3 Å². The molecule has 0 fully saturated rings. The first-order valence-electron chi connectivity index (χ1n) is 9.96. The minimum absolute atomic E-state index is 0.0505. The molecule has 1 amide bonds. The zero-order valence-electron chi connectivity index (χ0n) is 17.1. The van der Waals surface area contributed by atoms with Crippen LogP contribution < -0.4 is 15.4 Å². The summed E-state index contributed by atoms with van der Waals surface area (Å²) in [7, 11) is -2.24. The van der Waals surface area contributed by atoms with Crippen LogP contribution in [0, 0.1) is 0 Å². The zero-order chi connectivity index (χ0) is 22.5. The Morgan fingerprint density at radius 1 is 1.03 bits per heavy atom. The van der Waals surface area contributed by atoms with E-state index in [9.17, 15) is 18.0 Å². The first kappa shape index (κ1) is 20.1. The Labute approximate surface area is 183 Å². The van der Waals surface area contributed by atoms with Gasteiger partial charge in [-0.1, -0.05) is 24.3 Å². The maximum Gasteiger partial charge on any atom is 0.419 e. The summed E-state index contributed by atoms with van der Waals surface area (Å²) in [5.41, 5.74) is 3.27. The predicted octanol–water partition coefficient (Wildman–Crippen LogP) is 3.14. The van der Waals surface area contributed by atoms with Crippen LogP contribution in [0.15, 0.2) is 80.8 Å². The summed E-state index contributed by atoms with van der Waals surface area (Å²) in [5, 5.41) is 2.75. The van der Waals surface area contributed by atoms with Gasteiger partial charge in [0.2, 0.25) is 0 Å². The Balaban J connectivity index is 1.43. The molecule has 0 saturated carbocycles. The molecule has 162 valence electrons. The van der Waals surface area contributed by atoms with E-state index in [-0.39, 0.29) is 10.5 Å². The van der Waals surface area contributed by atoms with Gasteiger partial charge < -0.3 is 9.73 Å². The van der Waals surface area contributed by atoms with Crippen LogP contribution in [0.25, 0.3) is 11.1 Å². The second-order valence-corrected chi connectivity index (χ2v) is 9.41. The van der Waals surface area contributed by atoms with Crippen LogP contribution in [-0.4, -0.2) is 25.4 Å². The van der Waals surface area contributed by atoms with E-state index in [0.717, 1.165) is 5.56 Å². The second-order valence-electron chi connectivity index (χ2n) is 7.55. The third-order valence-corrected chi connectivity index (χ3v) is 7.39. The molecule has 1 N–H and O–H groups in total. The minimum Gasteiger partial charge on any atom is -0.408 e. The smallest absolute Gasteiger partial charge is 0.408 e. The zero-order valence-corrected chi connectivity index (χ0v) is 17.9. The van der Waals surface area contributed by atoms with Crippen molar-refractivity contribution in [3.8, 4) is 0 Å². The van der Waals surface area contributed by atoms with E-state index in [0.29, 0.717) is 35.4 Å². The third-order valence-electron chi connectivity index (χ3n) is 5.58. The molecule has 3 aromatic carbocycles. The van der Waals surface area contributed by atoms with Crippen LogP contribution in [0.4, 0.5) is 11.4 Å². The van der Waals surface area contributed by atoms with Gasteiger partial charge in [-0.3, -0.25) is 13.7 Å². The molecule has 1 aromatic heterocycles. The molecule has 1 aliphatic rings. The number of nitrogens with one attached hydrogen (secondary N) is 1. The maximum absolute atomic E-state index is 13.3. The molecule has 1 aliphatic heterocycles. The topological polar surface area (TPSA) is 102 Å². The van der Waals surface area contributed by atoms with Crippen molar-refractivity contribution in [2.75, 3.05) is 16.2 Å². The molecule has 0 atom stereocenters. The molecule has 4 aromatic rings. The number of oxazole rings is 1. The fraction of sp³-hybridized carbons (Fsp3) is 0.130. The number of aromatic nitrogens is 1. The highest BCUT2D eigenvalue weighted by molar-refractivity contribution is 7.92. The lowest BCUT2D eigenvalue weighted by molar-refractivity contribution is 0.102. The summed E-state index contributed by atoms with van der Waals surface area (Å²) < 4.78 is 34.4. The summed E-state index contributed by atoms with van der Waals surface area (Å²) in [5.74, 6) is -0.957. The number of carbonyl (C=O) groups excluding carboxylic acids is 1.